The smallest absolute Gasteiger partial charge is 0.252 e. The van der Waals surface area contributed by atoms with Crippen LogP contribution >= 0.6 is 0 Å². The highest BCUT2D eigenvalue weighted by atomic mass is 19.3. The van der Waals surface area contributed by atoms with E-state index in [1.807, 2.05) is 25.1 Å². The average molecular weight is 270 g/mol. The summed E-state index contributed by atoms with van der Waals surface area (Å²) in [5.41, 5.74) is 6.87. The Morgan fingerprint density at radius 1 is 1.32 bits per heavy atom. The third-order valence-corrected chi connectivity index (χ3v) is 3.49. The molecule has 0 radical (unpaired) electrons. The minimum absolute atomic E-state index is 0.284. The Kier molecular flexibility index (Phi) is 3.53. The van der Waals surface area contributed by atoms with Gasteiger partial charge in [-0.25, -0.2) is 8.78 Å². The van der Waals surface area contributed by atoms with Gasteiger partial charge >= 0.3 is 0 Å². The number of nitrogens with zero attached hydrogens (tertiary/aromatic N) is 1. The topological polar surface area (TPSA) is 38.5 Å². The number of hydrogen-bond acceptors (Lipinski definition) is 3. The lowest BCUT2D eigenvalue weighted by atomic mass is 9.69. The molecule has 0 spiro atoms. The Balaban J connectivity index is 2.28. The summed E-state index contributed by atoms with van der Waals surface area (Å²) in [4.78, 5) is 2.00. The van der Waals surface area contributed by atoms with Gasteiger partial charge in [0.05, 0.1) is 12.6 Å². The maximum atomic E-state index is 13.1. The van der Waals surface area contributed by atoms with E-state index in [1.54, 1.807) is 19.2 Å². The minimum atomic E-state index is -2.63. The fraction of sp³-hybridized carbons (Fsp3) is 0.571. The van der Waals surface area contributed by atoms with Gasteiger partial charge in [0.2, 0.25) is 0 Å². The molecule has 0 aliphatic heterocycles. The van der Waals surface area contributed by atoms with Gasteiger partial charge in [-0.05, 0) is 31.8 Å². The predicted molar refractivity (Wildman–Crippen MR) is 70.4 cm³/mol. The second kappa shape index (κ2) is 4.72. The van der Waals surface area contributed by atoms with E-state index in [-0.39, 0.29) is 12.8 Å². The number of ether oxygens (including phenoxy) is 1. The van der Waals surface area contributed by atoms with Gasteiger partial charge in [0.1, 0.15) is 5.75 Å². The Morgan fingerprint density at radius 3 is 2.42 bits per heavy atom. The molecule has 2 N–H and O–H groups in total. The summed E-state index contributed by atoms with van der Waals surface area (Å²) in [6.07, 6.45) is -0.568. The summed E-state index contributed by atoms with van der Waals surface area (Å²) in [7, 11) is 5.49. The molecule has 1 saturated carbocycles. The third-order valence-electron chi connectivity index (χ3n) is 3.49. The van der Waals surface area contributed by atoms with Gasteiger partial charge in [-0.15, -0.1) is 0 Å². The lowest BCUT2D eigenvalue weighted by Gasteiger charge is -2.45. The van der Waals surface area contributed by atoms with Gasteiger partial charge in [0, 0.05) is 24.9 Å². The molecule has 1 aromatic rings. The van der Waals surface area contributed by atoms with Crippen LogP contribution in [0.3, 0.4) is 0 Å². The molecule has 0 amide bonds. The molecule has 0 heterocycles. The fourth-order valence-electron chi connectivity index (χ4n) is 2.63. The number of hydrogen-bond donors (Lipinski definition) is 1. The molecule has 1 aromatic carbocycles. The molecule has 0 aromatic heterocycles. The highest BCUT2D eigenvalue weighted by Gasteiger charge is 2.55. The molecule has 3 nitrogen and oxygen atoms in total. The van der Waals surface area contributed by atoms with Gasteiger partial charge in [0.15, 0.2) is 0 Å². The molecular formula is C14H20F2N2O. The standard InChI is InChI=1S/C14H20F2N2O/c1-18(2)7-10-6-11(4-5-12(10)19-3)13(17)8-14(15,16)9-13/h4-6H,7-9,17H2,1-3H3. The Bertz CT molecular complexity index is 467. The van der Waals surface area contributed by atoms with Crippen molar-refractivity contribution in [1.29, 1.82) is 0 Å². The van der Waals surface area contributed by atoms with Crippen molar-refractivity contribution in [2.45, 2.75) is 30.8 Å². The second-order valence-corrected chi connectivity index (χ2v) is 5.63. The van der Waals surface area contributed by atoms with E-state index >= 15 is 0 Å². The van der Waals surface area contributed by atoms with Crippen molar-refractivity contribution in [3.63, 3.8) is 0 Å². The van der Waals surface area contributed by atoms with E-state index in [4.69, 9.17) is 10.5 Å². The lowest BCUT2D eigenvalue weighted by Crippen LogP contribution is -2.55. The number of rotatable bonds is 4. The zero-order valence-electron chi connectivity index (χ0n) is 11.5. The van der Waals surface area contributed by atoms with Crippen molar-refractivity contribution in [2.75, 3.05) is 21.2 Å². The largest absolute Gasteiger partial charge is 0.496 e. The highest BCUT2D eigenvalue weighted by Crippen LogP contribution is 2.50. The molecule has 106 valence electrons. The van der Waals surface area contributed by atoms with E-state index < -0.39 is 11.5 Å². The van der Waals surface area contributed by atoms with Crippen molar-refractivity contribution < 1.29 is 13.5 Å². The maximum Gasteiger partial charge on any atom is 0.252 e. The lowest BCUT2D eigenvalue weighted by molar-refractivity contribution is -0.125. The Hall–Kier alpha value is -1.20. The van der Waals surface area contributed by atoms with Crippen LogP contribution in [0, 0.1) is 0 Å². The monoisotopic (exact) mass is 270 g/mol. The SMILES string of the molecule is COc1ccc(C2(N)CC(F)(F)C2)cc1CN(C)C. The predicted octanol–water partition coefficient (Wildman–Crippen LogP) is 2.34. The van der Waals surface area contributed by atoms with Crippen LogP contribution in [-0.4, -0.2) is 32.0 Å². The summed E-state index contributed by atoms with van der Waals surface area (Å²) in [5, 5.41) is 0. The van der Waals surface area contributed by atoms with Crippen LogP contribution in [0.2, 0.25) is 0 Å². The molecule has 0 bridgehead atoms. The summed E-state index contributed by atoms with van der Waals surface area (Å²) in [6.45, 7) is 0.684. The number of alkyl halides is 2. The van der Waals surface area contributed by atoms with Gasteiger partial charge in [-0.1, -0.05) is 6.07 Å². The zero-order valence-corrected chi connectivity index (χ0v) is 11.5. The van der Waals surface area contributed by atoms with E-state index in [2.05, 4.69) is 0 Å². The highest BCUT2D eigenvalue weighted by molar-refractivity contribution is 5.41. The van der Waals surface area contributed by atoms with Crippen molar-refractivity contribution in [2.24, 2.45) is 5.73 Å². The van der Waals surface area contributed by atoms with Crippen LogP contribution in [0.25, 0.3) is 0 Å². The first-order chi connectivity index (χ1) is 8.76. The maximum absolute atomic E-state index is 13.1. The summed E-state index contributed by atoms with van der Waals surface area (Å²) >= 11 is 0. The number of halogens is 2. The van der Waals surface area contributed by atoms with Crippen molar-refractivity contribution >= 4 is 0 Å². The van der Waals surface area contributed by atoms with E-state index in [9.17, 15) is 8.78 Å². The van der Waals surface area contributed by atoms with Crippen LogP contribution < -0.4 is 10.5 Å². The molecule has 0 atom stereocenters. The molecule has 0 unspecified atom stereocenters. The molecule has 0 saturated heterocycles. The first-order valence-corrected chi connectivity index (χ1v) is 6.25. The summed E-state index contributed by atoms with van der Waals surface area (Å²) in [5.74, 6) is -1.87. The number of benzene rings is 1. The van der Waals surface area contributed by atoms with Crippen LogP contribution in [0.15, 0.2) is 18.2 Å². The molecular weight excluding hydrogens is 250 g/mol. The van der Waals surface area contributed by atoms with E-state index in [1.165, 1.54) is 0 Å². The molecule has 1 fully saturated rings. The van der Waals surface area contributed by atoms with Crippen molar-refractivity contribution in [1.82, 2.24) is 4.90 Å². The van der Waals surface area contributed by atoms with Gasteiger partial charge in [-0.2, -0.15) is 0 Å². The second-order valence-electron chi connectivity index (χ2n) is 5.63. The quantitative estimate of drug-likeness (QED) is 0.912. The Morgan fingerprint density at radius 2 is 1.95 bits per heavy atom. The molecule has 1 aliphatic rings. The number of methoxy groups -OCH3 is 1. The van der Waals surface area contributed by atoms with E-state index in [0.717, 1.165) is 16.9 Å². The van der Waals surface area contributed by atoms with E-state index in [0.29, 0.717) is 6.54 Å². The van der Waals surface area contributed by atoms with Gasteiger partial charge in [-0.3, -0.25) is 0 Å². The first-order valence-electron chi connectivity index (χ1n) is 6.25. The molecule has 19 heavy (non-hydrogen) atoms. The molecule has 1 aliphatic carbocycles. The van der Waals surface area contributed by atoms with Crippen molar-refractivity contribution in [3.05, 3.63) is 29.3 Å². The van der Waals surface area contributed by atoms with Crippen LogP contribution in [0.1, 0.15) is 24.0 Å². The Labute approximate surface area is 112 Å². The first kappa shape index (κ1) is 14.2. The third kappa shape index (κ3) is 2.87. The summed E-state index contributed by atoms with van der Waals surface area (Å²) in [6, 6.07) is 5.47. The van der Waals surface area contributed by atoms with Crippen LogP contribution in [-0.2, 0) is 12.1 Å². The number of nitrogens with two attached hydrogens (primary N) is 1. The summed E-state index contributed by atoms with van der Waals surface area (Å²) < 4.78 is 31.4. The molecule has 5 heteroatoms. The average Bonchev–Trinajstić information content (AvgIpc) is 2.25. The molecule has 2 rings (SSSR count). The van der Waals surface area contributed by atoms with Gasteiger partial charge in [0.25, 0.3) is 5.92 Å². The van der Waals surface area contributed by atoms with Crippen LogP contribution in [0.4, 0.5) is 8.78 Å². The van der Waals surface area contributed by atoms with Crippen molar-refractivity contribution in [3.8, 4) is 5.75 Å². The normalized spacial score (nSPS) is 20.2. The minimum Gasteiger partial charge on any atom is -0.496 e. The fourth-order valence-corrected chi connectivity index (χ4v) is 2.63. The van der Waals surface area contributed by atoms with Crippen LogP contribution in [0.5, 0.6) is 5.75 Å². The van der Waals surface area contributed by atoms with Gasteiger partial charge < -0.3 is 15.4 Å². The zero-order chi connectivity index (χ0) is 14.3.